The Morgan fingerprint density at radius 3 is 2.26 bits per heavy atom. The number of hydrogen-bond acceptors (Lipinski definition) is 9. The molecule has 0 aliphatic carbocycles. The molecule has 10 heteroatoms. The van der Waals surface area contributed by atoms with Gasteiger partial charge in [0.05, 0.1) is 36.7 Å². The van der Waals surface area contributed by atoms with Gasteiger partial charge in [0.1, 0.15) is 0 Å². The lowest BCUT2D eigenvalue weighted by molar-refractivity contribution is -0.120. The zero-order valence-corrected chi connectivity index (χ0v) is 19.4. The maximum absolute atomic E-state index is 13.0. The van der Waals surface area contributed by atoms with E-state index in [0.29, 0.717) is 25.9 Å². The monoisotopic (exact) mass is 475 g/mol. The minimum atomic E-state index is -0.611. The van der Waals surface area contributed by atoms with Crippen LogP contribution in [-0.4, -0.2) is 60.3 Å². The summed E-state index contributed by atoms with van der Waals surface area (Å²) in [5, 5.41) is 11.5. The van der Waals surface area contributed by atoms with E-state index in [1.807, 2.05) is 24.3 Å². The van der Waals surface area contributed by atoms with Gasteiger partial charge in [0.2, 0.25) is 5.91 Å². The minimum absolute atomic E-state index is 0.163. The lowest BCUT2D eigenvalue weighted by Crippen LogP contribution is -2.38. The van der Waals surface area contributed by atoms with E-state index < -0.39 is 11.9 Å². The van der Waals surface area contributed by atoms with Crippen LogP contribution in [0.5, 0.6) is 0 Å². The van der Waals surface area contributed by atoms with Gasteiger partial charge in [-0.25, -0.2) is 9.59 Å². The molecule has 0 spiro atoms. The third-order valence-electron chi connectivity index (χ3n) is 5.92. The van der Waals surface area contributed by atoms with Gasteiger partial charge in [-0.3, -0.25) is 9.78 Å². The van der Waals surface area contributed by atoms with E-state index in [4.69, 9.17) is 9.47 Å². The molecule has 4 rings (SSSR count). The molecule has 0 radical (unpaired) electrons. The zero-order chi connectivity index (χ0) is 24.8. The highest BCUT2D eigenvalue weighted by Crippen LogP contribution is 2.26. The summed E-state index contributed by atoms with van der Waals surface area (Å²) in [5.74, 6) is -0.916. The first kappa shape index (κ1) is 23.8. The molecule has 0 saturated carbocycles. The number of rotatable bonds is 6. The molecular formula is C25H25N5O5. The second-order valence-corrected chi connectivity index (χ2v) is 8.01. The van der Waals surface area contributed by atoms with Crippen molar-refractivity contribution in [1.82, 2.24) is 15.2 Å². The smallest absolute Gasteiger partial charge is 0.339 e. The number of pyridine rings is 1. The lowest BCUT2D eigenvalue weighted by Gasteiger charge is -2.32. The molecule has 1 aliphatic rings. The van der Waals surface area contributed by atoms with Gasteiger partial charge in [-0.1, -0.05) is 0 Å². The topological polar surface area (TPSA) is 124 Å². The molecule has 0 atom stereocenters. The first-order chi connectivity index (χ1) is 17.0. The molecule has 0 unspecified atom stereocenters. The van der Waals surface area contributed by atoms with Crippen molar-refractivity contribution in [3.05, 3.63) is 66.0 Å². The first-order valence-corrected chi connectivity index (χ1v) is 11.1. The fourth-order valence-corrected chi connectivity index (χ4v) is 3.96. The van der Waals surface area contributed by atoms with Crippen LogP contribution in [0.1, 0.15) is 33.6 Å². The van der Waals surface area contributed by atoms with Crippen molar-refractivity contribution in [3.8, 4) is 11.3 Å². The van der Waals surface area contributed by atoms with Crippen LogP contribution < -0.4 is 10.2 Å². The molecule has 1 aromatic carbocycles. The Labute approximate surface area is 202 Å². The number of ether oxygens (including phenoxy) is 2. The lowest BCUT2D eigenvalue weighted by atomic mass is 9.95. The Hall–Kier alpha value is -4.34. The maximum Gasteiger partial charge on any atom is 0.339 e. The second kappa shape index (κ2) is 10.7. The van der Waals surface area contributed by atoms with E-state index >= 15 is 0 Å². The number of carbonyl (C=O) groups is 3. The molecule has 1 aliphatic heterocycles. The quantitative estimate of drug-likeness (QED) is 0.536. The summed E-state index contributed by atoms with van der Waals surface area (Å²) >= 11 is 0. The zero-order valence-electron chi connectivity index (χ0n) is 19.4. The summed E-state index contributed by atoms with van der Waals surface area (Å²) < 4.78 is 9.54. The van der Waals surface area contributed by atoms with Gasteiger partial charge >= 0.3 is 11.9 Å². The molecule has 35 heavy (non-hydrogen) atoms. The van der Waals surface area contributed by atoms with Crippen LogP contribution in [0, 0.1) is 5.92 Å². The Morgan fingerprint density at radius 2 is 1.63 bits per heavy atom. The molecule has 1 amide bonds. The average Bonchev–Trinajstić information content (AvgIpc) is 2.92. The van der Waals surface area contributed by atoms with E-state index in [9.17, 15) is 14.4 Å². The second-order valence-electron chi connectivity index (χ2n) is 8.01. The summed E-state index contributed by atoms with van der Waals surface area (Å²) in [6.07, 6.45) is 4.62. The number of anilines is 2. The molecule has 180 valence electrons. The predicted molar refractivity (Wildman–Crippen MR) is 128 cm³/mol. The van der Waals surface area contributed by atoms with Crippen molar-refractivity contribution < 1.29 is 23.9 Å². The third kappa shape index (κ3) is 5.43. The van der Waals surface area contributed by atoms with Crippen molar-refractivity contribution in [2.75, 3.05) is 37.5 Å². The number of hydrogen-bond donors (Lipinski definition) is 1. The predicted octanol–water partition coefficient (Wildman–Crippen LogP) is 2.97. The average molecular weight is 476 g/mol. The van der Waals surface area contributed by atoms with Crippen LogP contribution in [0.4, 0.5) is 11.5 Å². The Balaban J connectivity index is 1.40. The van der Waals surface area contributed by atoms with Crippen molar-refractivity contribution in [3.63, 3.8) is 0 Å². The van der Waals surface area contributed by atoms with Crippen LogP contribution >= 0.6 is 0 Å². The summed E-state index contributed by atoms with van der Waals surface area (Å²) in [7, 11) is 2.52. The molecule has 1 N–H and O–H groups in total. The number of methoxy groups -OCH3 is 2. The number of nitrogens with one attached hydrogen (secondary N) is 1. The van der Waals surface area contributed by atoms with Crippen molar-refractivity contribution in [2.24, 2.45) is 5.92 Å². The fraction of sp³-hybridized carbons (Fsp3) is 0.280. The van der Waals surface area contributed by atoms with Crippen LogP contribution in [0.2, 0.25) is 0 Å². The molecular weight excluding hydrogens is 450 g/mol. The Bertz CT molecular complexity index is 1210. The number of esters is 2. The summed E-state index contributed by atoms with van der Waals surface area (Å²) in [6, 6.07) is 11.9. The highest BCUT2D eigenvalue weighted by molar-refractivity contribution is 6.04. The number of carbonyl (C=O) groups excluding carboxylic acids is 3. The molecule has 3 aromatic rings. The summed E-state index contributed by atoms with van der Waals surface area (Å²) in [6.45, 7) is 1.26. The van der Waals surface area contributed by atoms with Gasteiger partial charge in [-0.2, -0.15) is 0 Å². The highest BCUT2D eigenvalue weighted by atomic mass is 16.5. The SMILES string of the molecule is COC(=O)c1ccc(C(=O)OC)c(NC(=O)C2CCN(c3ccc(-c4ccncc4)nn3)CC2)c1. The standard InChI is InChI=1S/C25H25N5O5/c1-34-24(32)18-3-4-19(25(33)35-2)21(15-18)27-23(31)17-9-13-30(14-10-17)22-6-5-20(28-29-22)16-7-11-26-12-8-16/h3-8,11-12,15,17H,9-10,13-14H2,1-2H3,(H,27,31). The van der Waals surface area contributed by atoms with Crippen molar-refractivity contribution in [2.45, 2.75) is 12.8 Å². The van der Waals surface area contributed by atoms with Gasteiger partial charge in [-0.05, 0) is 55.3 Å². The van der Waals surface area contributed by atoms with Gasteiger partial charge in [0.15, 0.2) is 5.82 Å². The van der Waals surface area contributed by atoms with E-state index in [2.05, 4.69) is 25.4 Å². The molecule has 3 heterocycles. The van der Waals surface area contributed by atoms with E-state index in [1.54, 1.807) is 12.4 Å². The first-order valence-electron chi connectivity index (χ1n) is 11.1. The van der Waals surface area contributed by atoms with Gasteiger partial charge in [0.25, 0.3) is 0 Å². The van der Waals surface area contributed by atoms with Crippen LogP contribution in [0.25, 0.3) is 11.3 Å². The fourth-order valence-electron chi connectivity index (χ4n) is 3.96. The van der Waals surface area contributed by atoms with Crippen LogP contribution in [0.3, 0.4) is 0 Å². The van der Waals surface area contributed by atoms with Crippen LogP contribution in [0.15, 0.2) is 54.9 Å². The molecule has 0 bridgehead atoms. The van der Waals surface area contributed by atoms with E-state index in [0.717, 1.165) is 17.1 Å². The molecule has 2 aromatic heterocycles. The Morgan fingerprint density at radius 1 is 0.914 bits per heavy atom. The van der Waals surface area contributed by atoms with Gasteiger partial charge in [0, 0.05) is 37.0 Å². The number of piperidine rings is 1. The number of nitrogens with zero attached hydrogens (tertiary/aromatic N) is 4. The minimum Gasteiger partial charge on any atom is -0.465 e. The molecule has 1 fully saturated rings. The Kier molecular flexibility index (Phi) is 7.30. The summed E-state index contributed by atoms with van der Waals surface area (Å²) in [4.78, 5) is 43.1. The molecule has 1 saturated heterocycles. The highest BCUT2D eigenvalue weighted by Gasteiger charge is 2.27. The van der Waals surface area contributed by atoms with Crippen LogP contribution in [-0.2, 0) is 14.3 Å². The number of benzene rings is 1. The van der Waals surface area contributed by atoms with E-state index in [1.165, 1.54) is 32.4 Å². The van der Waals surface area contributed by atoms with Gasteiger partial charge in [-0.15, -0.1) is 10.2 Å². The van der Waals surface area contributed by atoms with E-state index in [-0.39, 0.29) is 28.6 Å². The van der Waals surface area contributed by atoms with Gasteiger partial charge < -0.3 is 19.7 Å². The number of aromatic nitrogens is 3. The summed E-state index contributed by atoms with van der Waals surface area (Å²) in [5.41, 5.74) is 2.30. The number of amides is 1. The van der Waals surface area contributed by atoms with Crippen molar-refractivity contribution >= 4 is 29.4 Å². The van der Waals surface area contributed by atoms with Crippen molar-refractivity contribution in [1.29, 1.82) is 0 Å². The maximum atomic E-state index is 13.0. The third-order valence-corrected chi connectivity index (χ3v) is 5.92. The molecule has 10 nitrogen and oxygen atoms in total. The normalized spacial score (nSPS) is 13.7. The largest absolute Gasteiger partial charge is 0.465 e.